The summed E-state index contributed by atoms with van der Waals surface area (Å²) in [7, 11) is -4.27. The largest absolute Gasteiger partial charge is 0.618 e. The number of hydrogen-bond donors (Lipinski definition) is 1. The number of para-hydroxylation sites is 1. The first kappa shape index (κ1) is 26.8. The lowest BCUT2D eigenvalue weighted by atomic mass is 10.0. The second kappa shape index (κ2) is 10.1. The molecule has 3 unspecified atom stereocenters. The van der Waals surface area contributed by atoms with Crippen molar-refractivity contribution in [3.05, 3.63) is 65.2 Å². The molecule has 4 heterocycles. The summed E-state index contributed by atoms with van der Waals surface area (Å²) in [5.41, 5.74) is 1.22. The fourth-order valence-electron chi connectivity index (χ4n) is 5.58. The van der Waals surface area contributed by atoms with Crippen LogP contribution in [0.15, 0.2) is 58.1 Å². The number of pyridine rings is 1. The maximum atomic E-state index is 13.8. The van der Waals surface area contributed by atoms with Crippen LogP contribution in [0.2, 0.25) is 0 Å². The summed E-state index contributed by atoms with van der Waals surface area (Å²) < 4.78 is 33.6. The number of amides is 2. The number of Topliss-reactive ketones (excluding diaryl/α,β-unsaturated/α-hetero) is 1. The Hall–Kier alpha value is -3.77. The van der Waals surface area contributed by atoms with Gasteiger partial charge in [0.25, 0.3) is 5.91 Å². The van der Waals surface area contributed by atoms with Gasteiger partial charge < -0.3 is 19.8 Å². The molecule has 206 valence electrons. The molecule has 0 bridgehead atoms. The lowest BCUT2D eigenvalue weighted by Gasteiger charge is -2.29. The van der Waals surface area contributed by atoms with E-state index in [-0.39, 0.29) is 29.4 Å². The maximum absolute atomic E-state index is 13.8. The van der Waals surface area contributed by atoms with Gasteiger partial charge in [0.15, 0.2) is 17.7 Å². The van der Waals surface area contributed by atoms with Crippen LogP contribution in [-0.2, 0) is 19.6 Å². The number of aryl methyl sites for hydroxylation is 1. The van der Waals surface area contributed by atoms with Crippen molar-refractivity contribution in [3.8, 4) is 0 Å². The molecule has 11 nitrogen and oxygen atoms in total. The molecule has 0 spiro atoms. The lowest BCUT2D eigenvalue weighted by Crippen LogP contribution is -2.53. The molecule has 3 atom stereocenters. The van der Waals surface area contributed by atoms with Crippen LogP contribution in [0.3, 0.4) is 0 Å². The molecular weight excluding hydrogens is 524 g/mol. The standard InChI is InChI=1S/C27H30N4O7S/c1-16(2)14-19(28-26(33)25-17(3)18-8-4-5-9-22(18)38-25)27(34)29-13-11-20-24(29)21(32)15-31(20)39(36,37)23-10-6-7-12-30(23)35/h4-10,12,16,19-20,24H,11,13-15H2,1-3H3,(H,28,33). The minimum Gasteiger partial charge on any atom is -0.618 e. The van der Waals surface area contributed by atoms with Crippen molar-refractivity contribution in [2.24, 2.45) is 5.92 Å². The first-order valence-corrected chi connectivity index (χ1v) is 14.3. The van der Waals surface area contributed by atoms with E-state index in [0.717, 1.165) is 15.9 Å². The van der Waals surface area contributed by atoms with Crippen LogP contribution < -0.4 is 10.0 Å². The number of carbonyl (C=O) groups excluding carboxylic acids is 3. The van der Waals surface area contributed by atoms with Crippen molar-refractivity contribution in [2.75, 3.05) is 13.1 Å². The molecule has 2 aromatic heterocycles. The number of rotatable bonds is 7. The third kappa shape index (κ3) is 4.67. The van der Waals surface area contributed by atoms with Gasteiger partial charge in [0.05, 0.1) is 12.6 Å². The summed E-state index contributed by atoms with van der Waals surface area (Å²) >= 11 is 0. The van der Waals surface area contributed by atoms with E-state index >= 15 is 0 Å². The van der Waals surface area contributed by atoms with Gasteiger partial charge in [0, 0.05) is 29.6 Å². The van der Waals surface area contributed by atoms with Gasteiger partial charge in [-0.05, 0) is 37.8 Å². The zero-order valence-electron chi connectivity index (χ0n) is 21.9. The second-order valence-corrected chi connectivity index (χ2v) is 12.3. The monoisotopic (exact) mass is 554 g/mol. The molecule has 0 saturated carbocycles. The van der Waals surface area contributed by atoms with Gasteiger partial charge in [-0.2, -0.15) is 9.04 Å². The van der Waals surface area contributed by atoms with Crippen molar-refractivity contribution >= 4 is 38.6 Å². The molecule has 2 aliphatic rings. The Labute approximate surface area is 226 Å². The highest BCUT2D eigenvalue weighted by Gasteiger charge is 2.55. The van der Waals surface area contributed by atoms with Gasteiger partial charge in [0.1, 0.15) is 17.7 Å². The maximum Gasteiger partial charge on any atom is 0.323 e. The molecule has 39 heavy (non-hydrogen) atoms. The Bertz CT molecular complexity index is 1570. The summed E-state index contributed by atoms with van der Waals surface area (Å²) in [6.07, 6.45) is 1.63. The van der Waals surface area contributed by atoms with Gasteiger partial charge in [-0.3, -0.25) is 14.4 Å². The number of hydrogen-bond acceptors (Lipinski definition) is 7. The van der Waals surface area contributed by atoms with Gasteiger partial charge >= 0.3 is 15.0 Å². The normalized spacial score (nSPS) is 20.5. The summed E-state index contributed by atoms with van der Waals surface area (Å²) in [5, 5.41) is 15.3. The lowest BCUT2D eigenvalue weighted by molar-refractivity contribution is -0.646. The molecule has 2 aliphatic heterocycles. The number of nitrogens with zero attached hydrogens (tertiary/aromatic N) is 3. The highest BCUT2D eigenvalue weighted by Crippen LogP contribution is 2.34. The van der Waals surface area contributed by atoms with Crippen LogP contribution in [-0.4, -0.2) is 66.4 Å². The zero-order valence-corrected chi connectivity index (χ0v) is 22.7. The quantitative estimate of drug-likeness (QED) is 0.346. The minimum absolute atomic E-state index is 0.0381. The van der Waals surface area contributed by atoms with Crippen LogP contribution in [0.5, 0.6) is 0 Å². The molecule has 1 aromatic carbocycles. The SMILES string of the molecule is Cc1c(C(=O)NC(CC(C)C)C(=O)N2CCC3C2C(=O)CN3S(=O)(=O)c2cccc[n+]2[O-])oc2ccccc12. The Morgan fingerprint density at radius 2 is 1.90 bits per heavy atom. The summed E-state index contributed by atoms with van der Waals surface area (Å²) in [6.45, 7) is 5.31. The van der Waals surface area contributed by atoms with Gasteiger partial charge in [-0.25, -0.2) is 8.42 Å². The summed E-state index contributed by atoms with van der Waals surface area (Å²) in [6, 6.07) is 8.56. The average molecular weight is 555 g/mol. The number of ketones is 1. The third-order valence-electron chi connectivity index (χ3n) is 7.38. The van der Waals surface area contributed by atoms with Gasteiger partial charge in [-0.1, -0.05) is 32.0 Å². The number of fused-ring (bicyclic) bond motifs is 2. The van der Waals surface area contributed by atoms with E-state index in [2.05, 4.69) is 5.32 Å². The van der Waals surface area contributed by atoms with Gasteiger partial charge in [0.2, 0.25) is 5.91 Å². The van der Waals surface area contributed by atoms with Crippen LogP contribution >= 0.6 is 0 Å². The highest BCUT2D eigenvalue weighted by molar-refractivity contribution is 7.89. The molecule has 5 rings (SSSR count). The van der Waals surface area contributed by atoms with E-state index < -0.39 is 57.3 Å². The summed E-state index contributed by atoms with van der Waals surface area (Å²) in [4.78, 5) is 41.5. The van der Waals surface area contributed by atoms with Crippen molar-refractivity contribution in [2.45, 2.75) is 56.8 Å². The van der Waals surface area contributed by atoms with Crippen LogP contribution in [0.4, 0.5) is 0 Å². The average Bonchev–Trinajstić information content (AvgIpc) is 3.57. The van der Waals surface area contributed by atoms with Gasteiger partial charge in [-0.15, -0.1) is 0 Å². The topological polar surface area (TPSA) is 144 Å². The highest BCUT2D eigenvalue weighted by atomic mass is 32.2. The van der Waals surface area contributed by atoms with Crippen molar-refractivity contribution in [1.82, 2.24) is 14.5 Å². The second-order valence-electron chi connectivity index (χ2n) is 10.4. The molecule has 12 heteroatoms. The number of likely N-dealkylation sites (tertiary alicyclic amines) is 1. The fourth-order valence-corrected chi connectivity index (χ4v) is 7.23. The molecular formula is C27H30N4O7S. The predicted octanol–water partition coefficient (Wildman–Crippen LogP) is 1.76. The van der Waals surface area contributed by atoms with Crippen molar-refractivity contribution < 1.29 is 31.9 Å². The zero-order chi connectivity index (χ0) is 28.1. The number of carbonyl (C=O) groups is 3. The molecule has 2 saturated heterocycles. The predicted molar refractivity (Wildman–Crippen MR) is 140 cm³/mol. The molecule has 3 aromatic rings. The first-order valence-electron chi connectivity index (χ1n) is 12.8. The van der Waals surface area contributed by atoms with E-state index in [1.54, 1.807) is 19.1 Å². The molecule has 2 amide bonds. The minimum atomic E-state index is -4.27. The van der Waals surface area contributed by atoms with Crippen LogP contribution in [0.25, 0.3) is 11.0 Å². The Morgan fingerprint density at radius 3 is 2.59 bits per heavy atom. The fraction of sp³-hybridized carbons (Fsp3) is 0.407. The Morgan fingerprint density at radius 1 is 1.18 bits per heavy atom. The Kier molecular flexibility index (Phi) is 6.93. The number of furan rings is 1. The molecule has 1 N–H and O–H groups in total. The van der Waals surface area contributed by atoms with Crippen LogP contribution in [0, 0.1) is 18.0 Å². The number of benzene rings is 1. The van der Waals surface area contributed by atoms with Crippen molar-refractivity contribution in [1.29, 1.82) is 0 Å². The van der Waals surface area contributed by atoms with E-state index in [9.17, 15) is 28.0 Å². The molecule has 2 fully saturated rings. The summed E-state index contributed by atoms with van der Waals surface area (Å²) in [5.74, 6) is -1.27. The number of nitrogens with one attached hydrogen (secondary N) is 1. The van der Waals surface area contributed by atoms with Crippen molar-refractivity contribution in [3.63, 3.8) is 0 Å². The van der Waals surface area contributed by atoms with E-state index in [0.29, 0.717) is 17.6 Å². The Balaban J connectivity index is 1.39. The van der Waals surface area contributed by atoms with Crippen LogP contribution in [0.1, 0.15) is 42.8 Å². The molecule has 0 aliphatic carbocycles. The molecule has 0 radical (unpaired) electrons. The van der Waals surface area contributed by atoms with E-state index in [1.807, 2.05) is 26.0 Å². The smallest absolute Gasteiger partial charge is 0.323 e. The van der Waals surface area contributed by atoms with E-state index in [4.69, 9.17) is 4.42 Å². The van der Waals surface area contributed by atoms with E-state index in [1.165, 1.54) is 23.1 Å². The first-order chi connectivity index (χ1) is 18.5. The third-order valence-corrected chi connectivity index (χ3v) is 9.24. The number of aromatic nitrogens is 1. The number of sulfonamides is 1.